The number of nitrogens with two attached hydrogens (primary N) is 1. The molecule has 17 heavy (non-hydrogen) atoms. The molecule has 4 saturated carbocycles. The predicted molar refractivity (Wildman–Crippen MR) is 72.6 cm³/mol. The minimum absolute atomic E-state index is 0.286. The first-order chi connectivity index (χ1) is 7.93. The number of hydrogen-bond acceptors (Lipinski definition) is 1. The van der Waals surface area contributed by atoms with Gasteiger partial charge in [-0.3, -0.25) is 0 Å². The maximum Gasteiger partial charge on any atom is 0.00904 e. The standard InChI is InChI=1S/C16H29N/c1-16(2,3)15(17)9-14-12-5-10-4-11(7-12)8-13(14)6-10/h10-15H,4-9,17H2,1-3H3. The van der Waals surface area contributed by atoms with E-state index in [-0.39, 0.29) is 5.41 Å². The van der Waals surface area contributed by atoms with Gasteiger partial charge < -0.3 is 5.73 Å². The second kappa shape index (κ2) is 3.98. The van der Waals surface area contributed by atoms with E-state index in [1.165, 1.54) is 32.1 Å². The molecule has 1 atom stereocenters. The molecular weight excluding hydrogens is 206 g/mol. The zero-order valence-corrected chi connectivity index (χ0v) is 11.8. The molecule has 0 spiro atoms. The molecule has 0 radical (unpaired) electrons. The lowest BCUT2D eigenvalue weighted by atomic mass is 9.50. The zero-order valence-electron chi connectivity index (χ0n) is 11.8. The van der Waals surface area contributed by atoms with Crippen LogP contribution in [-0.2, 0) is 0 Å². The fourth-order valence-corrected chi connectivity index (χ4v) is 5.07. The summed E-state index contributed by atoms with van der Waals surface area (Å²) in [6.45, 7) is 6.90. The van der Waals surface area contributed by atoms with Crippen molar-refractivity contribution in [2.45, 2.75) is 65.3 Å². The Labute approximate surface area is 107 Å². The fourth-order valence-electron chi connectivity index (χ4n) is 5.07. The van der Waals surface area contributed by atoms with Gasteiger partial charge in [0.1, 0.15) is 0 Å². The van der Waals surface area contributed by atoms with Crippen LogP contribution >= 0.6 is 0 Å². The molecule has 4 rings (SSSR count). The lowest BCUT2D eigenvalue weighted by Gasteiger charge is -2.55. The molecule has 4 aliphatic rings. The Morgan fingerprint density at radius 1 is 0.941 bits per heavy atom. The topological polar surface area (TPSA) is 26.0 Å². The Morgan fingerprint density at radius 3 is 1.82 bits per heavy atom. The van der Waals surface area contributed by atoms with Crippen LogP contribution in [0.25, 0.3) is 0 Å². The first kappa shape index (κ1) is 12.0. The summed E-state index contributed by atoms with van der Waals surface area (Å²) in [7, 11) is 0. The molecule has 0 aromatic carbocycles. The first-order valence-electron chi connectivity index (χ1n) is 7.69. The summed E-state index contributed by atoms with van der Waals surface area (Å²) in [5.74, 6) is 5.25. The van der Waals surface area contributed by atoms with Crippen LogP contribution in [0.2, 0.25) is 0 Å². The molecule has 4 bridgehead atoms. The van der Waals surface area contributed by atoms with Gasteiger partial charge in [0.05, 0.1) is 0 Å². The number of hydrogen-bond donors (Lipinski definition) is 1. The van der Waals surface area contributed by atoms with Gasteiger partial charge in [-0.05, 0) is 73.5 Å². The smallest absolute Gasteiger partial charge is 0.00904 e. The summed E-state index contributed by atoms with van der Waals surface area (Å²) < 4.78 is 0. The van der Waals surface area contributed by atoms with Crippen molar-refractivity contribution in [3.05, 3.63) is 0 Å². The summed E-state index contributed by atoms with van der Waals surface area (Å²) in [6, 6.07) is 0.394. The summed E-state index contributed by atoms with van der Waals surface area (Å²) in [5.41, 5.74) is 6.72. The van der Waals surface area contributed by atoms with Gasteiger partial charge in [0.25, 0.3) is 0 Å². The van der Waals surface area contributed by atoms with E-state index >= 15 is 0 Å². The molecule has 0 heterocycles. The van der Waals surface area contributed by atoms with E-state index in [0.29, 0.717) is 6.04 Å². The average Bonchev–Trinajstić information content (AvgIpc) is 2.20. The normalized spacial score (nSPS) is 46.2. The molecule has 0 amide bonds. The lowest BCUT2D eigenvalue weighted by molar-refractivity contribution is -0.0456. The zero-order chi connectivity index (χ0) is 12.2. The van der Waals surface area contributed by atoms with E-state index in [2.05, 4.69) is 20.8 Å². The molecule has 4 fully saturated rings. The molecule has 0 saturated heterocycles. The summed E-state index contributed by atoms with van der Waals surface area (Å²) in [4.78, 5) is 0. The van der Waals surface area contributed by atoms with Crippen LogP contribution in [0, 0.1) is 35.0 Å². The van der Waals surface area contributed by atoms with Crippen molar-refractivity contribution in [1.82, 2.24) is 0 Å². The van der Waals surface area contributed by atoms with Gasteiger partial charge in [0.15, 0.2) is 0 Å². The Balaban J connectivity index is 1.68. The predicted octanol–water partition coefficient (Wildman–Crippen LogP) is 3.82. The molecule has 2 N–H and O–H groups in total. The Morgan fingerprint density at radius 2 is 1.41 bits per heavy atom. The number of rotatable bonds is 2. The molecule has 1 unspecified atom stereocenters. The van der Waals surface area contributed by atoms with E-state index in [0.717, 1.165) is 29.6 Å². The van der Waals surface area contributed by atoms with Crippen LogP contribution in [0.15, 0.2) is 0 Å². The molecule has 0 aliphatic heterocycles. The van der Waals surface area contributed by atoms with Crippen LogP contribution < -0.4 is 5.73 Å². The van der Waals surface area contributed by atoms with Gasteiger partial charge in [-0.15, -0.1) is 0 Å². The maximum atomic E-state index is 6.43. The van der Waals surface area contributed by atoms with Gasteiger partial charge in [0.2, 0.25) is 0 Å². The molecule has 1 nitrogen and oxygen atoms in total. The monoisotopic (exact) mass is 235 g/mol. The van der Waals surface area contributed by atoms with E-state index in [9.17, 15) is 0 Å². The first-order valence-corrected chi connectivity index (χ1v) is 7.69. The van der Waals surface area contributed by atoms with Crippen LogP contribution in [0.3, 0.4) is 0 Å². The van der Waals surface area contributed by atoms with Gasteiger partial charge >= 0.3 is 0 Å². The highest BCUT2D eigenvalue weighted by Crippen LogP contribution is 2.57. The SMILES string of the molecule is CC(C)(C)C(N)CC1C2CC3CC(C2)CC1C3. The second-order valence-electron chi connectivity index (χ2n) is 8.30. The maximum absolute atomic E-state index is 6.43. The average molecular weight is 235 g/mol. The lowest BCUT2D eigenvalue weighted by Crippen LogP contribution is -2.48. The van der Waals surface area contributed by atoms with Gasteiger partial charge in [-0.1, -0.05) is 20.8 Å². The Hall–Kier alpha value is -0.0400. The highest BCUT2D eigenvalue weighted by Gasteiger charge is 2.48. The van der Waals surface area contributed by atoms with E-state index in [4.69, 9.17) is 5.73 Å². The Kier molecular flexibility index (Phi) is 2.81. The molecule has 98 valence electrons. The second-order valence-corrected chi connectivity index (χ2v) is 8.30. The third-order valence-electron chi connectivity index (χ3n) is 6.06. The van der Waals surface area contributed by atoms with E-state index in [1.807, 2.05) is 0 Å². The largest absolute Gasteiger partial charge is 0.327 e. The minimum Gasteiger partial charge on any atom is -0.327 e. The summed E-state index contributed by atoms with van der Waals surface area (Å²) in [6.07, 6.45) is 9.00. The van der Waals surface area contributed by atoms with Crippen molar-refractivity contribution >= 4 is 0 Å². The van der Waals surface area contributed by atoms with Crippen LogP contribution in [0.5, 0.6) is 0 Å². The quantitative estimate of drug-likeness (QED) is 0.773. The van der Waals surface area contributed by atoms with Crippen molar-refractivity contribution in [2.75, 3.05) is 0 Å². The minimum atomic E-state index is 0.286. The third-order valence-corrected chi connectivity index (χ3v) is 6.06. The molecule has 0 aromatic rings. The van der Waals surface area contributed by atoms with Crippen molar-refractivity contribution < 1.29 is 0 Å². The third kappa shape index (κ3) is 2.16. The highest BCUT2D eigenvalue weighted by molar-refractivity contribution is 4.99. The van der Waals surface area contributed by atoms with Gasteiger partial charge in [0, 0.05) is 6.04 Å². The highest BCUT2D eigenvalue weighted by atomic mass is 14.7. The van der Waals surface area contributed by atoms with Crippen molar-refractivity contribution in [3.8, 4) is 0 Å². The molecule has 0 aromatic heterocycles. The molecule has 4 aliphatic carbocycles. The van der Waals surface area contributed by atoms with Crippen molar-refractivity contribution in [2.24, 2.45) is 40.7 Å². The van der Waals surface area contributed by atoms with Crippen molar-refractivity contribution in [3.63, 3.8) is 0 Å². The van der Waals surface area contributed by atoms with Crippen LogP contribution in [0.1, 0.15) is 59.3 Å². The van der Waals surface area contributed by atoms with Crippen molar-refractivity contribution in [1.29, 1.82) is 0 Å². The van der Waals surface area contributed by atoms with E-state index in [1.54, 1.807) is 6.42 Å². The summed E-state index contributed by atoms with van der Waals surface area (Å²) in [5, 5.41) is 0. The van der Waals surface area contributed by atoms with Crippen LogP contribution in [0.4, 0.5) is 0 Å². The molecular formula is C16H29N. The van der Waals surface area contributed by atoms with Gasteiger partial charge in [-0.25, -0.2) is 0 Å². The van der Waals surface area contributed by atoms with Crippen LogP contribution in [-0.4, -0.2) is 6.04 Å². The Bertz CT molecular complexity index is 260. The van der Waals surface area contributed by atoms with Gasteiger partial charge in [-0.2, -0.15) is 0 Å². The fraction of sp³-hybridized carbons (Fsp3) is 1.00. The molecule has 1 heteroatoms. The van der Waals surface area contributed by atoms with E-state index < -0.39 is 0 Å². The summed E-state index contributed by atoms with van der Waals surface area (Å²) >= 11 is 0.